The van der Waals surface area contributed by atoms with Crippen molar-refractivity contribution in [2.45, 2.75) is 0 Å². The maximum absolute atomic E-state index is 11.4. The second-order valence-electron chi connectivity index (χ2n) is 4.74. The number of carbonyl (C=O) groups is 1. The molecule has 130 valence electrons. The van der Waals surface area contributed by atoms with Crippen LogP contribution in [0.5, 0.6) is 11.5 Å². The molecule has 0 fully saturated rings. The quantitative estimate of drug-likeness (QED) is 0.547. The van der Waals surface area contributed by atoms with E-state index >= 15 is 0 Å². The average Bonchev–Trinajstić information content (AvgIpc) is 3.07. The second kappa shape index (κ2) is 8.90. The maximum atomic E-state index is 11.4. The van der Waals surface area contributed by atoms with Crippen LogP contribution in [0.15, 0.2) is 30.5 Å². The third-order valence-electron chi connectivity index (χ3n) is 3.11. The molecule has 0 atom stereocenters. The Hall–Kier alpha value is -2.58. The Kier molecular flexibility index (Phi) is 6.59. The van der Waals surface area contributed by atoms with Gasteiger partial charge in [0.1, 0.15) is 23.8 Å². The lowest BCUT2D eigenvalue weighted by atomic mass is 10.3. The molecule has 8 nitrogen and oxygen atoms in total. The lowest BCUT2D eigenvalue weighted by molar-refractivity contribution is 0.0544. The summed E-state index contributed by atoms with van der Waals surface area (Å²) >= 11 is 0. The number of hydrogen-bond acceptors (Lipinski definition) is 7. The predicted octanol–water partition coefficient (Wildman–Crippen LogP) is 1.41. The fourth-order valence-corrected chi connectivity index (χ4v) is 1.92. The van der Waals surface area contributed by atoms with Crippen molar-refractivity contribution in [1.29, 1.82) is 0 Å². The summed E-state index contributed by atoms with van der Waals surface area (Å²) in [7, 11) is 2.89. The standard InChI is InChI=1S/C16H20N2O6/c1-21-7-8-23-9-10-24-12-3-4-14(15(19)11-12)18-6-5-13(17-18)16(20)22-2/h3-6,11,19H,7-10H2,1-2H3. The summed E-state index contributed by atoms with van der Waals surface area (Å²) in [5.41, 5.74) is 0.583. The third-order valence-corrected chi connectivity index (χ3v) is 3.11. The van der Waals surface area contributed by atoms with Crippen molar-refractivity contribution in [3.05, 3.63) is 36.2 Å². The van der Waals surface area contributed by atoms with Crippen LogP contribution in [0.2, 0.25) is 0 Å². The van der Waals surface area contributed by atoms with Crippen molar-refractivity contribution in [1.82, 2.24) is 9.78 Å². The number of nitrogens with zero attached hydrogens (tertiary/aromatic N) is 2. The molecule has 2 rings (SSSR count). The van der Waals surface area contributed by atoms with Gasteiger partial charge in [-0.3, -0.25) is 0 Å². The number of benzene rings is 1. The normalized spacial score (nSPS) is 10.6. The van der Waals surface area contributed by atoms with Crippen LogP contribution in [0.1, 0.15) is 10.5 Å². The van der Waals surface area contributed by atoms with Crippen molar-refractivity contribution >= 4 is 5.97 Å². The molecule has 0 unspecified atom stereocenters. The number of ether oxygens (including phenoxy) is 4. The van der Waals surface area contributed by atoms with Crippen LogP contribution in [-0.4, -0.2) is 61.5 Å². The molecule has 1 aromatic heterocycles. The van der Waals surface area contributed by atoms with Crippen molar-refractivity contribution < 1.29 is 28.8 Å². The molecule has 0 saturated carbocycles. The van der Waals surface area contributed by atoms with Gasteiger partial charge in [0.25, 0.3) is 0 Å². The summed E-state index contributed by atoms with van der Waals surface area (Å²) in [5.74, 6) is -0.0547. The smallest absolute Gasteiger partial charge is 0.358 e. The zero-order valence-electron chi connectivity index (χ0n) is 13.6. The summed E-state index contributed by atoms with van der Waals surface area (Å²) in [6.07, 6.45) is 1.56. The molecule has 0 aliphatic rings. The van der Waals surface area contributed by atoms with Gasteiger partial charge in [-0.15, -0.1) is 0 Å². The Balaban J connectivity index is 1.94. The predicted molar refractivity (Wildman–Crippen MR) is 84.8 cm³/mol. The van der Waals surface area contributed by atoms with E-state index in [9.17, 15) is 9.90 Å². The van der Waals surface area contributed by atoms with Crippen LogP contribution in [-0.2, 0) is 14.2 Å². The molecule has 1 aromatic carbocycles. The largest absolute Gasteiger partial charge is 0.506 e. The van der Waals surface area contributed by atoms with Crippen LogP contribution >= 0.6 is 0 Å². The fraction of sp³-hybridized carbons (Fsp3) is 0.375. The highest BCUT2D eigenvalue weighted by atomic mass is 16.5. The summed E-state index contributed by atoms with van der Waals surface area (Å²) in [6.45, 7) is 1.82. The maximum Gasteiger partial charge on any atom is 0.358 e. The highest BCUT2D eigenvalue weighted by Gasteiger charge is 2.12. The lowest BCUT2D eigenvalue weighted by Crippen LogP contribution is -2.10. The van der Waals surface area contributed by atoms with Gasteiger partial charge in [0, 0.05) is 19.4 Å². The van der Waals surface area contributed by atoms with Gasteiger partial charge in [-0.2, -0.15) is 5.10 Å². The zero-order chi connectivity index (χ0) is 17.4. The van der Waals surface area contributed by atoms with Crippen molar-refractivity contribution in [3.8, 4) is 17.2 Å². The molecular weight excluding hydrogens is 316 g/mol. The topological polar surface area (TPSA) is 92.0 Å². The Morgan fingerprint density at radius 1 is 1.17 bits per heavy atom. The van der Waals surface area contributed by atoms with E-state index in [0.717, 1.165) is 0 Å². The molecular formula is C16H20N2O6. The second-order valence-corrected chi connectivity index (χ2v) is 4.74. The number of phenols is 1. The number of carbonyl (C=O) groups excluding carboxylic acids is 1. The van der Waals surface area contributed by atoms with Crippen molar-refractivity contribution in [2.24, 2.45) is 0 Å². The summed E-state index contributed by atoms with van der Waals surface area (Å²) in [6, 6.07) is 6.32. The van der Waals surface area contributed by atoms with E-state index < -0.39 is 5.97 Å². The Morgan fingerprint density at radius 2 is 1.96 bits per heavy atom. The number of hydrogen-bond donors (Lipinski definition) is 1. The molecule has 0 bridgehead atoms. The summed E-state index contributed by atoms with van der Waals surface area (Å²) in [5, 5.41) is 14.2. The van der Waals surface area contributed by atoms with Crippen LogP contribution in [0.4, 0.5) is 0 Å². The van der Waals surface area contributed by atoms with Crippen LogP contribution in [0.3, 0.4) is 0 Å². The zero-order valence-corrected chi connectivity index (χ0v) is 13.6. The molecule has 0 radical (unpaired) electrons. The Labute approximate surface area is 139 Å². The molecule has 1 N–H and O–H groups in total. The van der Waals surface area contributed by atoms with Crippen molar-refractivity contribution in [3.63, 3.8) is 0 Å². The Bertz CT molecular complexity index is 670. The van der Waals surface area contributed by atoms with Crippen LogP contribution < -0.4 is 4.74 Å². The first-order valence-corrected chi connectivity index (χ1v) is 7.32. The fourth-order valence-electron chi connectivity index (χ4n) is 1.92. The lowest BCUT2D eigenvalue weighted by Gasteiger charge is -2.09. The van der Waals surface area contributed by atoms with Gasteiger partial charge < -0.3 is 24.1 Å². The van der Waals surface area contributed by atoms with Crippen LogP contribution in [0.25, 0.3) is 5.69 Å². The highest BCUT2D eigenvalue weighted by Crippen LogP contribution is 2.26. The number of aromatic hydroxyl groups is 1. The van der Waals surface area contributed by atoms with Gasteiger partial charge in [0.15, 0.2) is 5.69 Å². The first-order chi connectivity index (χ1) is 11.7. The van der Waals surface area contributed by atoms with Crippen LogP contribution in [0, 0.1) is 0 Å². The van der Waals surface area contributed by atoms with Crippen molar-refractivity contribution in [2.75, 3.05) is 40.6 Å². The Morgan fingerprint density at radius 3 is 2.67 bits per heavy atom. The van der Waals surface area contributed by atoms with E-state index in [1.807, 2.05) is 0 Å². The molecule has 8 heteroatoms. The molecule has 0 amide bonds. The SMILES string of the molecule is COCCOCCOc1ccc(-n2ccc(C(=O)OC)n2)c(O)c1. The third kappa shape index (κ3) is 4.71. The molecule has 0 aliphatic heterocycles. The average molecular weight is 336 g/mol. The minimum Gasteiger partial charge on any atom is -0.506 e. The molecule has 2 aromatic rings. The van der Waals surface area contributed by atoms with E-state index in [1.54, 1.807) is 25.4 Å². The minimum atomic E-state index is -0.540. The van der Waals surface area contributed by atoms with E-state index in [1.165, 1.54) is 23.9 Å². The number of methoxy groups -OCH3 is 2. The summed E-state index contributed by atoms with van der Waals surface area (Å²) < 4.78 is 21.6. The molecule has 1 heterocycles. The first kappa shape index (κ1) is 17.8. The van der Waals surface area contributed by atoms with Gasteiger partial charge in [-0.25, -0.2) is 9.48 Å². The highest BCUT2D eigenvalue weighted by molar-refractivity contribution is 5.87. The summed E-state index contributed by atoms with van der Waals surface area (Å²) in [4.78, 5) is 11.4. The molecule has 0 saturated heterocycles. The van der Waals surface area contributed by atoms with Gasteiger partial charge in [-0.05, 0) is 18.2 Å². The molecule has 0 spiro atoms. The van der Waals surface area contributed by atoms with E-state index in [2.05, 4.69) is 9.84 Å². The molecule has 0 aliphatic carbocycles. The van der Waals surface area contributed by atoms with E-state index in [0.29, 0.717) is 37.9 Å². The minimum absolute atomic E-state index is 0.0210. The monoisotopic (exact) mass is 336 g/mol. The number of phenolic OH excluding ortho intramolecular Hbond substituents is 1. The first-order valence-electron chi connectivity index (χ1n) is 7.32. The van der Waals surface area contributed by atoms with Gasteiger partial charge >= 0.3 is 5.97 Å². The van der Waals surface area contributed by atoms with E-state index in [-0.39, 0.29) is 11.4 Å². The van der Waals surface area contributed by atoms with Gasteiger partial charge in [0.05, 0.1) is 26.9 Å². The van der Waals surface area contributed by atoms with Gasteiger partial charge in [0.2, 0.25) is 0 Å². The number of aromatic nitrogens is 2. The van der Waals surface area contributed by atoms with E-state index in [4.69, 9.17) is 14.2 Å². The van der Waals surface area contributed by atoms with Gasteiger partial charge in [-0.1, -0.05) is 0 Å². The number of esters is 1. The molecule has 24 heavy (non-hydrogen) atoms. The number of rotatable bonds is 9.